The number of nitrogens with zero attached hydrogens (tertiary/aromatic N) is 1. The molecular formula is C20H17F4N3O4. The Balaban J connectivity index is 1.83. The summed E-state index contributed by atoms with van der Waals surface area (Å²) in [6, 6.07) is 9.04. The number of carbonyl (C=O) groups excluding carboxylic acids is 3. The molecule has 164 valence electrons. The molecule has 7 nitrogen and oxygen atoms in total. The van der Waals surface area contributed by atoms with Crippen LogP contribution in [-0.4, -0.2) is 48.2 Å². The van der Waals surface area contributed by atoms with Gasteiger partial charge < -0.3 is 10.1 Å². The second kappa shape index (κ2) is 8.25. The Bertz CT molecular complexity index is 1010. The lowest BCUT2D eigenvalue weighted by Crippen LogP contribution is -2.69. The molecule has 2 aromatic carbocycles. The molecule has 2 aromatic rings. The highest BCUT2D eigenvalue weighted by molar-refractivity contribution is 6.10. The first-order valence-corrected chi connectivity index (χ1v) is 8.99. The molecule has 3 rings (SSSR count). The summed E-state index contributed by atoms with van der Waals surface area (Å²) in [6.45, 7) is -0.400. The first-order valence-electron chi connectivity index (χ1n) is 8.99. The monoisotopic (exact) mass is 439 g/mol. The van der Waals surface area contributed by atoms with Gasteiger partial charge in [-0.25, -0.2) is 9.18 Å². The highest BCUT2D eigenvalue weighted by atomic mass is 19.4. The Hall–Kier alpha value is -3.63. The van der Waals surface area contributed by atoms with Crippen molar-refractivity contribution in [3.8, 4) is 5.75 Å². The maximum absolute atomic E-state index is 13.9. The Morgan fingerprint density at radius 1 is 1.16 bits per heavy atom. The fraction of sp³-hybridized carbons (Fsp3) is 0.250. The van der Waals surface area contributed by atoms with Gasteiger partial charge in [-0.2, -0.15) is 13.2 Å². The van der Waals surface area contributed by atoms with Crippen LogP contribution in [0.25, 0.3) is 0 Å². The summed E-state index contributed by atoms with van der Waals surface area (Å²) in [4.78, 5) is 37.7. The van der Waals surface area contributed by atoms with Crippen LogP contribution >= 0.6 is 0 Å². The first kappa shape index (κ1) is 22.1. The summed E-state index contributed by atoms with van der Waals surface area (Å²) in [6.07, 6.45) is -5.32. The second-order valence-electron chi connectivity index (χ2n) is 6.70. The minimum absolute atomic E-state index is 0.00277. The van der Waals surface area contributed by atoms with E-state index in [0.29, 0.717) is 10.5 Å². The predicted molar refractivity (Wildman–Crippen MR) is 99.6 cm³/mol. The number of hydrogen-bond donors (Lipinski definition) is 2. The highest BCUT2D eigenvalue weighted by Crippen LogP contribution is 2.34. The van der Waals surface area contributed by atoms with Gasteiger partial charge in [0.1, 0.15) is 11.6 Å². The molecule has 1 heterocycles. The molecule has 31 heavy (non-hydrogen) atoms. The van der Waals surface area contributed by atoms with Gasteiger partial charge in [0, 0.05) is 12.1 Å². The molecule has 2 N–H and O–H groups in total. The fourth-order valence-corrected chi connectivity index (χ4v) is 3.03. The molecule has 1 aliphatic rings. The molecule has 4 amide bonds. The van der Waals surface area contributed by atoms with Crippen molar-refractivity contribution < 1.29 is 36.7 Å². The number of benzene rings is 2. The van der Waals surface area contributed by atoms with Crippen LogP contribution in [-0.2, 0) is 11.2 Å². The molecule has 1 atom stereocenters. The fourth-order valence-electron chi connectivity index (χ4n) is 3.03. The third-order valence-electron chi connectivity index (χ3n) is 4.70. The maximum atomic E-state index is 13.9. The van der Waals surface area contributed by atoms with Crippen LogP contribution in [0.3, 0.4) is 0 Å². The van der Waals surface area contributed by atoms with Crippen molar-refractivity contribution in [2.75, 3.05) is 13.7 Å². The Morgan fingerprint density at radius 2 is 1.84 bits per heavy atom. The number of carbonyl (C=O) groups is 3. The lowest BCUT2D eigenvalue weighted by atomic mass is 10.1. The van der Waals surface area contributed by atoms with Crippen molar-refractivity contribution in [2.45, 2.75) is 18.3 Å². The quantitative estimate of drug-likeness (QED) is 0.535. The maximum Gasteiger partial charge on any atom is 0.440 e. The van der Waals surface area contributed by atoms with Crippen LogP contribution in [0.5, 0.6) is 5.75 Å². The van der Waals surface area contributed by atoms with E-state index in [-0.39, 0.29) is 17.7 Å². The van der Waals surface area contributed by atoms with Gasteiger partial charge in [-0.1, -0.05) is 18.2 Å². The van der Waals surface area contributed by atoms with Crippen molar-refractivity contribution in [3.63, 3.8) is 0 Å². The third kappa shape index (κ3) is 4.30. The molecule has 1 fully saturated rings. The van der Waals surface area contributed by atoms with Crippen LogP contribution in [0.1, 0.15) is 15.9 Å². The van der Waals surface area contributed by atoms with E-state index >= 15 is 0 Å². The van der Waals surface area contributed by atoms with Crippen molar-refractivity contribution in [1.82, 2.24) is 15.5 Å². The molecular weight excluding hydrogens is 422 g/mol. The number of rotatable bonds is 6. The topological polar surface area (TPSA) is 87.7 Å². The molecule has 0 saturated carbocycles. The summed E-state index contributed by atoms with van der Waals surface area (Å²) in [5, 5.41) is 3.19. The highest BCUT2D eigenvalue weighted by Gasteiger charge is 2.68. The number of ether oxygens (including phenoxy) is 1. The van der Waals surface area contributed by atoms with Crippen LogP contribution in [0.2, 0.25) is 0 Å². The van der Waals surface area contributed by atoms with Crippen molar-refractivity contribution in [3.05, 3.63) is 65.5 Å². The minimum atomic E-state index is -5.32. The molecule has 1 aliphatic heterocycles. The van der Waals surface area contributed by atoms with Crippen LogP contribution in [0, 0.1) is 5.82 Å². The number of imide groups is 1. The molecule has 11 heteroatoms. The van der Waals surface area contributed by atoms with Gasteiger partial charge in [0.25, 0.3) is 17.5 Å². The Labute approximate surface area is 174 Å². The number of nitrogens with one attached hydrogen (secondary N) is 2. The normalized spacial score (nSPS) is 18.7. The summed E-state index contributed by atoms with van der Waals surface area (Å²) < 4.78 is 59.6. The van der Waals surface area contributed by atoms with Gasteiger partial charge in [-0.15, -0.1) is 0 Å². The zero-order chi connectivity index (χ0) is 22.8. The van der Waals surface area contributed by atoms with Gasteiger partial charge in [0.2, 0.25) is 0 Å². The van der Waals surface area contributed by atoms with E-state index < -0.39 is 42.0 Å². The second-order valence-corrected chi connectivity index (χ2v) is 6.70. The molecule has 1 saturated heterocycles. The summed E-state index contributed by atoms with van der Waals surface area (Å²) in [7, 11) is 1.31. The number of amides is 4. The lowest BCUT2D eigenvalue weighted by Gasteiger charge is -2.30. The summed E-state index contributed by atoms with van der Waals surface area (Å²) >= 11 is 0. The lowest BCUT2D eigenvalue weighted by molar-refractivity contribution is -0.200. The van der Waals surface area contributed by atoms with E-state index in [4.69, 9.17) is 4.74 Å². The molecule has 0 bridgehead atoms. The van der Waals surface area contributed by atoms with Gasteiger partial charge in [-0.05, 0) is 42.3 Å². The average molecular weight is 439 g/mol. The molecule has 0 aliphatic carbocycles. The van der Waals surface area contributed by atoms with E-state index in [1.54, 1.807) is 10.6 Å². The average Bonchev–Trinajstić information content (AvgIpc) is 2.97. The number of halogens is 4. The smallest absolute Gasteiger partial charge is 0.440 e. The minimum Gasteiger partial charge on any atom is -0.497 e. The van der Waals surface area contributed by atoms with Gasteiger partial charge in [-0.3, -0.25) is 19.8 Å². The van der Waals surface area contributed by atoms with Crippen LogP contribution in [0.4, 0.5) is 22.4 Å². The van der Waals surface area contributed by atoms with Gasteiger partial charge in [0.05, 0.1) is 7.11 Å². The van der Waals surface area contributed by atoms with Gasteiger partial charge in [0.15, 0.2) is 0 Å². The standard InChI is InChI=1S/C20H17F4N3O4/c1-31-15-4-2-3-13(11-15)16(28)25-19(20(22,23)24)17(29)27(18(30)26-19)10-9-12-5-7-14(21)8-6-12/h2-8,11H,9-10H2,1H3,(H,25,28)(H,26,30). The molecule has 0 spiro atoms. The van der Waals surface area contributed by atoms with E-state index in [0.717, 1.165) is 12.1 Å². The zero-order valence-electron chi connectivity index (χ0n) is 16.1. The summed E-state index contributed by atoms with van der Waals surface area (Å²) in [5.74, 6) is -3.18. The zero-order valence-corrected chi connectivity index (χ0v) is 16.1. The van der Waals surface area contributed by atoms with E-state index in [1.165, 1.54) is 43.5 Å². The van der Waals surface area contributed by atoms with Crippen LogP contribution in [0.15, 0.2) is 48.5 Å². The van der Waals surface area contributed by atoms with E-state index in [1.807, 2.05) is 0 Å². The number of methoxy groups -OCH3 is 1. The van der Waals surface area contributed by atoms with Gasteiger partial charge >= 0.3 is 12.2 Å². The molecule has 1 unspecified atom stereocenters. The van der Waals surface area contributed by atoms with Crippen molar-refractivity contribution >= 4 is 17.8 Å². The van der Waals surface area contributed by atoms with Crippen molar-refractivity contribution in [1.29, 1.82) is 0 Å². The predicted octanol–water partition coefficient (Wildman–Crippen LogP) is 2.62. The molecule has 0 radical (unpaired) electrons. The number of hydrogen-bond acceptors (Lipinski definition) is 4. The summed E-state index contributed by atoms with van der Waals surface area (Å²) in [5.41, 5.74) is -3.31. The van der Waals surface area contributed by atoms with E-state index in [2.05, 4.69) is 0 Å². The largest absolute Gasteiger partial charge is 0.497 e. The third-order valence-corrected chi connectivity index (χ3v) is 4.70. The number of alkyl halides is 3. The Morgan fingerprint density at radius 3 is 2.45 bits per heavy atom. The van der Waals surface area contributed by atoms with Crippen LogP contribution < -0.4 is 15.4 Å². The molecule has 0 aromatic heterocycles. The number of urea groups is 1. The van der Waals surface area contributed by atoms with Crippen molar-refractivity contribution in [2.24, 2.45) is 0 Å². The Kier molecular flexibility index (Phi) is 5.87. The first-order chi connectivity index (χ1) is 14.6. The SMILES string of the molecule is COc1cccc(C(=O)NC2(C(F)(F)F)NC(=O)N(CCc3ccc(F)cc3)C2=O)c1. The van der Waals surface area contributed by atoms with E-state index in [9.17, 15) is 31.9 Å².